The van der Waals surface area contributed by atoms with Crippen LogP contribution in [0.2, 0.25) is 0 Å². The maximum Gasteiger partial charge on any atom is 0.250 e. The van der Waals surface area contributed by atoms with E-state index in [2.05, 4.69) is 15.4 Å². The summed E-state index contributed by atoms with van der Waals surface area (Å²) in [5, 5.41) is 6.88. The van der Waals surface area contributed by atoms with E-state index in [1.165, 1.54) is 6.33 Å². The Morgan fingerprint density at radius 2 is 2.19 bits per heavy atom. The molecule has 0 unspecified atom stereocenters. The number of ether oxygens (including phenoxy) is 1. The molecule has 1 amide bonds. The molecule has 0 fully saturated rings. The van der Waals surface area contributed by atoms with Crippen LogP contribution in [0, 0.1) is 0 Å². The number of nitrogens with zero attached hydrogens (tertiary/aromatic N) is 3. The first-order chi connectivity index (χ1) is 9.92. The molecular formula is C15H20N4O2. The molecule has 0 saturated heterocycles. The number of hydrogen-bond acceptors (Lipinski definition) is 4. The van der Waals surface area contributed by atoms with Crippen LogP contribution in [-0.4, -0.2) is 32.9 Å². The fraction of sp³-hybridized carbons (Fsp3) is 0.400. The molecule has 2 rings (SSSR count). The predicted molar refractivity (Wildman–Crippen MR) is 79.9 cm³/mol. The van der Waals surface area contributed by atoms with Gasteiger partial charge in [-0.3, -0.25) is 4.79 Å². The smallest absolute Gasteiger partial charge is 0.250 e. The Bertz CT molecular complexity index is 588. The van der Waals surface area contributed by atoms with E-state index in [4.69, 9.17) is 4.74 Å². The Kier molecular flexibility index (Phi) is 4.70. The summed E-state index contributed by atoms with van der Waals surface area (Å²) in [5.74, 6) is -0.164. The minimum atomic E-state index is -0.327. The molecule has 2 aromatic rings. The average molecular weight is 288 g/mol. The minimum Gasteiger partial charge on any atom is -0.366 e. The van der Waals surface area contributed by atoms with Crippen LogP contribution in [0.4, 0.5) is 5.69 Å². The number of amides is 1. The highest BCUT2D eigenvalue weighted by molar-refractivity contribution is 5.91. The minimum absolute atomic E-state index is 0.0385. The topological polar surface area (TPSA) is 69.0 Å². The number of hydrogen-bond donors (Lipinski definition) is 1. The largest absolute Gasteiger partial charge is 0.366 e. The zero-order chi connectivity index (χ0) is 15.3. The number of nitrogens with one attached hydrogen (secondary N) is 1. The van der Waals surface area contributed by atoms with Gasteiger partial charge < -0.3 is 10.1 Å². The quantitative estimate of drug-likeness (QED) is 0.914. The summed E-state index contributed by atoms with van der Waals surface area (Å²) in [6.07, 6.45) is 3.15. The second kappa shape index (κ2) is 6.49. The number of carbonyl (C=O) groups excluding carboxylic acids is 1. The van der Waals surface area contributed by atoms with Crippen LogP contribution in [0.15, 0.2) is 36.9 Å². The van der Waals surface area contributed by atoms with Gasteiger partial charge in [-0.25, -0.2) is 9.67 Å². The zero-order valence-electron chi connectivity index (χ0n) is 12.5. The maximum absolute atomic E-state index is 11.8. The number of anilines is 1. The first-order valence-electron chi connectivity index (χ1n) is 6.77. The van der Waals surface area contributed by atoms with Crippen molar-refractivity contribution in [1.29, 1.82) is 0 Å². The molecule has 1 N–H and O–H groups in total. The van der Waals surface area contributed by atoms with Crippen LogP contribution in [0.5, 0.6) is 0 Å². The average Bonchev–Trinajstić information content (AvgIpc) is 2.89. The molecule has 6 nitrogen and oxygen atoms in total. The number of carbonyl (C=O) groups is 1. The molecule has 0 spiro atoms. The molecule has 0 aliphatic heterocycles. The van der Waals surface area contributed by atoms with Gasteiger partial charge in [0.1, 0.15) is 19.3 Å². The van der Waals surface area contributed by atoms with Gasteiger partial charge in [0.2, 0.25) is 5.91 Å². The molecule has 0 aliphatic rings. The van der Waals surface area contributed by atoms with Gasteiger partial charge in [0.15, 0.2) is 0 Å². The third-order valence-electron chi connectivity index (χ3n) is 2.66. The van der Waals surface area contributed by atoms with Gasteiger partial charge in [-0.1, -0.05) is 12.1 Å². The summed E-state index contributed by atoms with van der Waals surface area (Å²) in [7, 11) is 0. The summed E-state index contributed by atoms with van der Waals surface area (Å²) < 4.78 is 7.17. The van der Waals surface area contributed by atoms with Crippen molar-refractivity contribution in [3.63, 3.8) is 0 Å². The normalized spacial score (nSPS) is 11.4. The van der Waals surface area contributed by atoms with E-state index in [1.807, 2.05) is 45.0 Å². The predicted octanol–water partition coefficient (Wildman–Crippen LogP) is 2.08. The van der Waals surface area contributed by atoms with E-state index in [0.717, 1.165) is 11.3 Å². The van der Waals surface area contributed by atoms with Crippen molar-refractivity contribution < 1.29 is 9.53 Å². The SMILES string of the molecule is CC(C)(C)OCC(=O)Nc1cccc(Cn2cncn2)c1. The Morgan fingerprint density at radius 3 is 2.86 bits per heavy atom. The van der Waals surface area contributed by atoms with Gasteiger partial charge >= 0.3 is 0 Å². The van der Waals surface area contributed by atoms with E-state index in [9.17, 15) is 4.79 Å². The Balaban J connectivity index is 1.93. The van der Waals surface area contributed by atoms with Gasteiger partial charge in [-0.2, -0.15) is 5.10 Å². The third-order valence-corrected chi connectivity index (χ3v) is 2.66. The molecular weight excluding hydrogens is 268 g/mol. The van der Waals surface area contributed by atoms with E-state index in [0.29, 0.717) is 6.54 Å². The molecule has 1 heterocycles. The Labute approximate surface area is 124 Å². The molecule has 6 heteroatoms. The summed E-state index contributed by atoms with van der Waals surface area (Å²) in [6.45, 7) is 6.40. The van der Waals surface area contributed by atoms with E-state index in [1.54, 1.807) is 11.0 Å². The Hall–Kier alpha value is -2.21. The van der Waals surface area contributed by atoms with Crippen LogP contribution >= 0.6 is 0 Å². The number of aromatic nitrogens is 3. The van der Waals surface area contributed by atoms with Gasteiger partial charge in [-0.15, -0.1) is 0 Å². The van der Waals surface area contributed by atoms with Crippen LogP contribution in [0.3, 0.4) is 0 Å². The van der Waals surface area contributed by atoms with Crippen molar-refractivity contribution in [3.05, 3.63) is 42.5 Å². The molecule has 1 aromatic carbocycles. The van der Waals surface area contributed by atoms with Crippen LogP contribution in [0.1, 0.15) is 26.3 Å². The lowest BCUT2D eigenvalue weighted by Gasteiger charge is -2.19. The lowest BCUT2D eigenvalue weighted by atomic mass is 10.2. The second-order valence-electron chi connectivity index (χ2n) is 5.74. The van der Waals surface area contributed by atoms with Gasteiger partial charge in [0, 0.05) is 5.69 Å². The summed E-state index contributed by atoms with van der Waals surface area (Å²) >= 11 is 0. The zero-order valence-corrected chi connectivity index (χ0v) is 12.5. The first-order valence-corrected chi connectivity index (χ1v) is 6.77. The molecule has 1 aromatic heterocycles. The lowest BCUT2D eigenvalue weighted by Crippen LogP contribution is -2.27. The molecule has 21 heavy (non-hydrogen) atoms. The second-order valence-corrected chi connectivity index (χ2v) is 5.74. The molecule has 0 atom stereocenters. The van der Waals surface area contributed by atoms with Crippen LogP contribution in [-0.2, 0) is 16.1 Å². The van der Waals surface area contributed by atoms with E-state index >= 15 is 0 Å². The molecule has 112 valence electrons. The highest BCUT2D eigenvalue weighted by atomic mass is 16.5. The third kappa shape index (κ3) is 5.35. The lowest BCUT2D eigenvalue weighted by molar-refractivity contribution is -0.125. The van der Waals surface area contributed by atoms with Crippen molar-refractivity contribution in [2.24, 2.45) is 0 Å². The summed E-state index contributed by atoms with van der Waals surface area (Å²) in [5.41, 5.74) is 1.46. The van der Waals surface area contributed by atoms with Crippen molar-refractivity contribution >= 4 is 11.6 Å². The number of benzene rings is 1. The van der Waals surface area contributed by atoms with Crippen LogP contribution in [0.25, 0.3) is 0 Å². The van der Waals surface area contributed by atoms with Gasteiger partial charge in [0.05, 0.1) is 12.1 Å². The molecule has 0 aliphatic carbocycles. The summed E-state index contributed by atoms with van der Waals surface area (Å²) in [6, 6.07) is 7.63. The van der Waals surface area contributed by atoms with Gasteiger partial charge in [0.25, 0.3) is 0 Å². The monoisotopic (exact) mass is 288 g/mol. The highest BCUT2D eigenvalue weighted by Crippen LogP contribution is 2.12. The summed E-state index contributed by atoms with van der Waals surface area (Å²) in [4.78, 5) is 15.7. The van der Waals surface area contributed by atoms with Crippen LogP contribution < -0.4 is 5.32 Å². The molecule has 0 radical (unpaired) electrons. The molecule has 0 saturated carbocycles. The fourth-order valence-corrected chi connectivity index (χ4v) is 1.73. The number of rotatable bonds is 5. The highest BCUT2D eigenvalue weighted by Gasteiger charge is 2.13. The standard InChI is InChI=1S/C15H20N4O2/c1-15(2,3)21-9-14(20)18-13-6-4-5-12(7-13)8-19-11-16-10-17-19/h4-7,10-11H,8-9H2,1-3H3,(H,18,20). The van der Waals surface area contributed by atoms with Crippen molar-refractivity contribution in [2.75, 3.05) is 11.9 Å². The fourth-order valence-electron chi connectivity index (χ4n) is 1.73. The van der Waals surface area contributed by atoms with Crippen molar-refractivity contribution in [3.8, 4) is 0 Å². The molecule has 0 bridgehead atoms. The van der Waals surface area contributed by atoms with Crippen molar-refractivity contribution in [1.82, 2.24) is 14.8 Å². The van der Waals surface area contributed by atoms with Gasteiger partial charge in [-0.05, 0) is 38.5 Å². The van der Waals surface area contributed by atoms with E-state index in [-0.39, 0.29) is 18.1 Å². The van der Waals surface area contributed by atoms with Crippen molar-refractivity contribution in [2.45, 2.75) is 32.9 Å². The Morgan fingerprint density at radius 1 is 1.38 bits per heavy atom. The maximum atomic E-state index is 11.8. The van der Waals surface area contributed by atoms with E-state index < -0.39 is 0 Å². The first kappa shape index (κ1) is 15.2.